The van der Waals surface area contributed by atoms with Crippen molar-refractivity contribution in [1.82, 2.24) is 0 Å². The molecule has 0 aromatic heterocycles. The highest BCUT2D eigenvalue weighted by atomic mass is 14.3. The van der Waals surface area contributed by atoms with Gasteiger partial charge in [-0.25, -0.2) is 0 Å². The van der Waals surface area contributed by atoms with Crippen LogP contribution in [0.4, 0.5) is 0 Å². The molecule has 1 heteroatoms. The molecule has 2 saturated carbocycles. The molecular weight excluding hydrogens is 218 g/mol. The lowest BCUT2D eigenvalue weighted by atomic mass is 9.69. The standard InChI is InChI=1S/C17H27N/c1-2-14-5-9-16(10-6-14)17-11-7-15(8-12-17)4-3-13-18/h3-4,14-17H,2,5-12H2,1H3/t14-,15-,16-,17-. The van der Waals surface area contributed by atoms with Gasteiger partial charge in [-0.1, -0.05) is 32.3 Å². The second-order valence-electron chi connectivity index (χ2n) is 6.35. The Hall–Kier alpha value is -0.770. The van der Waals surface area contributed by atoms with Crippen molar-refractivity contribution in [2.75, 3.05) is 0 Å². The van der Waals surface area contributed by atoms with E-state index in [2.05, 4.69) is 19.1 Å². The summed E-state index contributed by atoms with van der Waals surface area (Å²) >= 11 is 0. The van der Waals surface area contributed by atoms with E-state index in [0.717, 1.165) is 17.8 Å². The summed E-state index contributed by atoms with van der Waals surface area (Å²) in [6.45, 7) is 2.34. The van der Waals surface area contributed by atoms with Gasteiger partial charge in [0.15, 0.2) is 0 Å². The maximum Gasteiger partial charge on any atom is 0.0908 e. The average molecular weight is 245 g/mol. The maximum atomic E-state index is 8.56. The zero-order chi connectivity index (χ0) is 12.8. The largest absolute Gasteiger partial charge is 0.193 e. The molecule has 0 aromatic rings. The Balaban J connectivity index is 1.73. The lowest BCUT2D eigenvalue weighted by molar-refractivity contribution is 0.154. The molecule has 0 amide bonds. The maximum absolute atomic E-state index is 8.56. The van der Waals surface area contributed by atoms with Crippen molar-refractivity contribution in [2.45, 2.75) is 64.7 Å². The number of rotatable bonds is 3. The van der Waals surface area contributed by atoms with Crippen LogP contribution in [0.15, 0.2) is 12.2 Å². The van der Waals surface area contributed by atoms with Crippen molar-refractivity contribution < 1.29 is 0 Å². The monoisotopic (exact) mass is 245 g/mol. The van der Waals surface area contributed by atoms with Crippen molar-refractivity contribution in [1.29, 1.82) is 5.26 Å². The van der Waals surface area contributed by atoms with E-state index in [1.807, 2.05) is 0 Å². The van der Waals surface area contributed by atoms with Gasteiger partial charge in [0.05, 0.1) is 6.07 Å². The Kier molecular flexibility index (Phi) is 5.29. The lowest BCUT2D eigenvalue weighted by Gasteiger charge is -2.37. The van der Waals surface area contributed by atoms with E-state index in [1.165, 1.54) is 57.8 Å². The van der Waals surface area contributed by atoms with Gasteiger partial charge in [0.2, 0.25) is 0 Å². The summed E-state index contributed by atoms with van der Waals surface area (Å²) in [4.78, 5) is 0. The van der Waals surface area contributed by atoms with E-state index in [0.29, 0.717) is 5.92 Å². The minimum atomic E-state index is 0.688. The zero-order valence-corrected chi connectivity index (χ0v) is 11.8. The quantitative estimate of drug-likeness (QED) is 0.635. The molecule has 0 unspecified atom stereocenters. The lowest BCUT2D eigenvalue weighted by Crippen LogP contribution is -2.25. The van der Waals surface area contributed by atoms with Crippen molar-refractivity contribution in [3.05, 3.63) is 12.2 Å². The zero-order valence-electron chi connectivity index (χ0n) is 11.8. The molecule has 0 aliphatic heterocycles. The van der Waals surface area contributed by atoms with E-state index < -0.39 is 0 Å². The van der Waals surface area contributed by atoms with Crippen LogP contribution >= 0.6 is 0 Å². The van der Waals surface area contributed by atoms with Crippen LogP contribution < -0.4 is 0 Å². The highest BCUT2D eigenvalue weighted by Gasteiger charge is 2.29. The molecule has 1 nitrogen and oxygen atoms in total. The molecule has 0 bridgehead atoms. The molecular formula is C17H27N. The van der Waals surface area contributed by atoms with Gasteiger partial charge >= 0.3 is 0 Å². The summed E-state index contributed by atoms with van der Waals surface area (Å²) in [5, 5.41) is 8.56. The fourth-order valence-corrected chi connectivity index (χ4v) is 4.06. The van der Waals surface area contributed by atoms with Gasteiger partial charge in [-0.2, -0.15) is 5.26 Å². The van der Waals surface area contributed by atoms with Crippen LogP contribution in [0.3, 0.4) is 0 Å². The number of nitriles is 1. The van der Waals surface area contributed by atoms with Crippen LogP contribution in [0.1, 0.15) is 64.7 Å². The van der Waals surface area contributed by atoms with Crippen LogP contribution in [-0.4, -0.2) is 0 Å². The molecule has 0 heterocycles. The van der Waals surface area contributed by atoms with Gasteiger partial charge < -0.3 is 0 Å². The summed E-state index contributed by atoms with van der Waals surface area (Å²) in [7, 11) is 0. The molecule has 0 N–H and O–H groups in total. The third-order valence-corrected chi connectivity index (χ3v) is 5.39. The van der Waals surface area contributed by atoms with Crippen LogP contribution in [0.5, 0.6) is 0 Å². The fourth-order valence-electron chi connectivity index (χ4n) is 4.06. The molecule has 0 radical (unpaired) electrons. The minimum absolute atomic E-state index is 0.688. The molecule has 100 valence electrons. The van der Waals surface area contributed by atoms with Gasteiger partial charge in [0.1, 0.15) is 0 Å². The molecule has 18 heavy (non-hydrogen) atoms. The first-order valence-electron chi connectivity index (χ1n) is 7.89. The Morgan fingerprint density at radius 1 is 0.944 bits per heavy atom. The second-order valence-corrected chi connectivity index (χ2v) is 6.35. The predicted octanol–water partition coefficient (Wildman–Crippen LogP) is 5.09. The SMILES string of the molecule is CC[C@H]1CC[C@H]([C@H]2CC[C@H](C=CC#N)CC2)CC1. The normalized spacial score (nSPS) is 37.6. The molecule has 0 aromatic carbocycles. The molecule has 2 fully saturated rings. The van der Waals surface area contributed by atoms with Gasteiger partial charge in [-0.3, -0.25) is 0 Å². The van der Waals surface area contributed by atoms with Crippen molar-refractivity contribution in [3.63, 3.8) is 0 Å². The van der Waals surface area contributed by atoms with Crippen molar-refractivity contribution in [2.24, 2.45) is 23.7 Å². The Bertz CT molecular complexity index is 296. The predicted molar refractivity (Wildman–Crippen MR) is 75.9 cm³/mol. The molecule has 2 aliphatic carbocycles. The Morgan fingerprint density at radius 2 is 1.50 bits per heavy atom. The van der Waals surface area contributed by atoms with Crippen molar-refractivity contribution >= 4 is 0 Å². The molecule has 0 saturated heterocycles. The van der Waals surface area contributed by atoms with Gasteiger partial charge in [0, 0.05) is 6.08 Å². The smallest absolute Gasteiger partial charge is 0.0908 e. The van der Waals surface area contributed by atoms with Crippen LogP contribution in [0.2, 0.25) is 0 Å². The van der Waals surface area contributed by atoms with Gasteiger partial charge in [0.25, 0.3) is 0 Å². The molecule has 0 atom stereocenters. The first-order chi connectivity index (χ1) is 8.83. The van der Waals surface area contributed by atoms with Crippen LogP contribution in [-0.2, 0) is 0 Å². The van der Waals surface area contributed by atoms with E-state index in [4.69, 9.17) is 5.26 Å². The third-order valence-electron chi connectivity index (χ3n) is 5.39. The van der Waals surface area contributed by atoms with Crippen LogP contribution in [0.25, 0.3) is 0 Å². The van der Waals surface area contributed by atoms with E-state index in [-0.39, 0.29) is 0 Å². The Morgan fingerprint density at radius 3 is 2.00 bits per heavy atom. The topological polar surface area (TPSA) is 23.8 Å². The minimum Gasteiger partial charge on any atom is -0.193 e. The van der Waals surface area contributed by atoms with Gasteiger partial charge in [-0.15, -0.1) is 0 Å². The summed E-state index contributed by atoms with van der Waals surface area (Å²) in [5.41, 5.74) is 0. The highest BCUT2D eigenvalue weighted by molar-refractivity contribution is 5.04. The summed E-state index contributed by atoms with van der Waals surface area (Å²) in [6, 6.07) is 2.12. The molecule has 0 spiro atoms. The first-order valence-corrected chi connectivity index (χ1v) is 7.89. The molecule has 2 rings (SSSR count). The number of allylic oxidation sites excluding steroid dienone is 2. The third kappa shape index (κ3) is 3.61. The van der Waals surface area contributed by atoms with Gasteiger partial charge in [-0.05, 0) is 62.2 Å². The second kappa shape index (κ2) is 6.98. The highest BCUT2D eigenvalue weighted by Crippen LogP contribution is 2.42. The molecule has 2 aliphatic rings. The Labute approximate surface area is 112 Å². The fraction of sp³-hybridized carbons (Fsp3) is 0.824. The van der Waals surface area contributed by atoms with Crippen molar-refractivity contribution in [3.8, 4) is 6.07 Å². The van der Waals surface area contributed by atoms with E-state index >= 15 is 0 Å². The van der Waals surface area contributed by atoms with E-state index in [9.17, 15) is 0 Å². The number of hydrogen-bond acceptors (Lipinski definition) is 1. The summed E-state index contributed by atoms with van der Waals surface area (Å²) < 4.78 is 0. The van der Waals surface area contributed by atoms with E-state index in [1.54, 1.807) is 6.08 Å². The summed E-state index contributed by atoms with van der Waals surface area (Å²) in [5.74, 6) is 3.73. The first kappa shape index (κ1) is 13.7. The van der Waals surface area contributed by atoms with Crippen LogP contribution in [0, 0.1) is 35.0 Å². The average Bonchev–Trinajstić information content (AvgIpc) is 2.46. The number of nitrogens with zero attached hydrogens (tertiary/aromatic N) is 1. The summed E-state index contributed by atoms with van der Waals surface area (Å²) in [6.07, 6.45) is 16.6. The number of hydrogen-bond donors (Lipinski definition) is 0.